The van der Waals surface area contributed by atoms with Gasteiger partial charge in [0.2, 0.25) is 11.8 Å². The summed E-state index contributed by atoms with van der Waals surface area (Å²) in [5, 5.41) is 4.91. The van der Waals surface area contributed by atoms with Gasteiger partial charge in [-0.3, -0.25) is 19.3 Å². The Morgan fingerprint density at radius 1 is 1.29 bits per heavy atom. The van der Waals surface area contributed by atoms with Gasteiger partial charge in [-0.05, 0) is 31.5 Å². The molecule has 0 aliphatic carbocycles. The van der Waals surface area contributed by atoms with Gasteiger partial charge in [0.15, 0.2) is 0 Å². The summed E-state index contributed by atoms with van der Waals surface area (Å²) < 4.78 is 27.6. The lowest BCUT2D eigenvalue weighted by Gasteiger charge is -2.23. The molecule has 0 saturated carbocycles. The summed E-state index contributed by atoms with van der Waals surface area (Å²) in [4.78, 5) is 50.6. The van der Waals surface area contributed by atoms with Crippen LogP contribution in [-0.4, -0.2) is 60.2 Å². The molecule has 0 spiro atoms. The molecule has 1 atom stereocenters. The zero-order valence-electron chi connectivity index (χ0n) is 15.8. The normalized spacial score (nSPS) is 18.8. The van der Waals surface area contributed by atoms with Crippen LogP contribution in [0.2, 0.25) is 0 Å². The standard InChI is InChI=1S/C18H22F2N4O4/c1-4-7-21-14(25)9-23(3)15(26)10-24-16(27)18(2,22-17(24)28)12-8-11(19)5-6-13(12)20/h5-6,8H,4,7,9-10H2,1-3H3,(H,21,25)(H,22,28)/t18-/m1/s1. The lowest BCUT2D eigenvalue weighted by Crippen LogP contribution is -2.46. The Hall–Kier alpha value is -3.04. The molecule has 5 amide bonds. The molecule has 0 unspecified atom stereocenters. The highest BCUT2D eigenvalue weighted by Gasteiger charge is 2.51. The average Bonchev–Trinajstić information content (AvgIpc) is 2.85. The van der Waals surface area contributed by atoms with E-state index in [0.717, 1.165) is 29.5 Å². The molecule has 1 aromatic carbocycles. The SMILES string of the molecule is CCCNC(=O)CN(C)C(=O)CN1C(=O)N[C@](C)(c2cc(F)ccc2F)C1=O. The van der Waals surface area contributed by atoms with Crippen LogP contribution in [0.5, 0.6) is 0 Å². The van der Waals surface area contributed by atoms with Gasteiger partial charge < -0.3 is 15.5 Å². The van der Waals surface area contributed by atoms with Crippen molar-refractivity contribution in [2.24, 2.45) is 0 Å². The lowest BCUT2D eigenvalue weighted by molar-refractivity contribution is -0.139. The molecule has 1 aromatic rings. The number of likely N-dealkylation sites (N-methyl/N-ethyl adjacent to an activating group) is 1. The van der Waals surface area contributed by atoms with Crippen molar-refractivity contribution in [3.63, 3.8) is 0 Å². The highest BCUT2D eigenvalue weighted by Crippen LogP contribution is 2.31. The van der Waals surface area contributed by atoms with Crippen molar-refractivity contribution in [1.29, 1.82) is 0 Å². The summed E-state index contributed by atoms with van der Waals surface area (Å²) in [7, 11) is 1.36. The van der Waals surface area contributed by atoms with E-state index < -0.39 is 41.6 Å². The van der Waals surface area contributed by atoms with Crippen LogP contribution in [0.3, 0.4) is 0 Å². The van der Waals surface area contributed by atoms with E-state index in [-0.39, 0.29) is 18.0 Å². The third kappa shape index (κ3) is 4.26. The molecule has 1 fully saturated rings. The van der Waals surface area contributed by atoms with E-state index in [1.807, 2.05) is 6.92 Å². The highest BCUT2D eigenvalue weighted by molar-refractivity contribution is 6.09. The summed E-state index contributed by atoms with van der Waals surface area (Å²) in [5.41, 5.74) is -2.19. The molecule has 1 saturated heterocycles. The molecule has 1 aliphatic rings. The first-order valence-corrected chi connectivity index (χ1v) is 8.70. The largest absolute Gasteiger partial charge is 0.355 e. The van der Waals surface area contributed by atoms with Crippen molar-refractivity contribution in [2.75, 3.05) is 26.7 Å². The zero-order chi connectivity index (χ0) is 21.1. The molecule has 0 bridgehead atoms. The second kappa shape index (κ2) is 8.32. The van der Waals surface area contributed by atoms with Crippen LogP contribution in [0.4, 0.5) is 13.6 Å². The monoisotopic (exact) mass is 396 g/mol. The number of nitrogens with one attached hydrogen (secondary N) is 2. The molecule has 28 heavy (non-hydrogen) atoms. The number of urea groups is 1. The van der Waals surface area contributed by atoms with Crippen molar-refractivity contribution in [1.82, 2.24) is 20.4 Å². The maximum Gasteiger partial charge on any atom is 0.325 e. The number of imide groups is 1. The predicted molar refractivity (Wildman–Crippen MR) is 94.9 cm³/mol. The molecule has 1 aliphatic heterocycles. The Morgan fingerprint density at radius 3 is 2.61 bits per heavy atom. The van der Waals surface area contributed by atoms with E-state index >= 15 is 0 Å². The molecule has 2 N–H and O–H groups in total. The van der Waals surface area contributed by atoms with Crippen LogP contribution < -0.4 is 10.6 Å². The Bertz CT molecular complexity index is 817. The van der Waals surface area contributed by atoms with Crippen LogP contribution >= 0.6 is 0 Å². The number of rotatable bonds is 7. The number of benzene rings is 1. The molecule has 8 nitrogen and oxygen atoms in total. The van der Waals surface area contributed by atoms with Gasteiger partial charge in [0.05, 0.1) is 6.54 Å². The van der Waals surface area contributed by atoms with Gasteiger partial charge in [0.1, 0.15) is 23.7 Å². The van der Waals surface area contributed by atoms with Crippen molar-refractivity contribution in [2.45, 2.75) is 25.8 Å². The topological polar surface area (TPSA) is 98.8 Å². The van der Waals surface area contributed by atoms with Gasteiger partial charge in [0, 0.05) is 19.2 Å². The van der Waals surface area contributed by atoms with Crippen molar-refractivity contribution in [3.8, 4) is 0 Å². The summed E-state index contributed by atoms with van der Waals surface area (Å²) in [5.74, 6) is -3.55. The second-order valence-electron chi connectivity index (χ2n) is 6.67. The summed E-state index contributed by atoms with van der Waals surface area (Å²) in [6.07, 6.45) is 0.737. The maximum atomic E-state index is 14.1. The van der Waals surface area contributed by atoms with Crippen LogP contribution in [0.25, 0.3) is 0 Å². The molecular weight excluding hydrogens is 374 g/mol. The minimum atomic E-state index is -1.85. The summed E-state index contributed by atoms with van der Waals surface area (Å²) >= 11 is 0. The first-order valence-electron chi connectivity index (χ1n) is 8.70. The fourth-order valence-corrected chi connectivity index (χ4v) is 2.78. The molecule has 2 rings (SSSR count). The first-order chi connectivity index (χ1) is 13.1. The summed E-state index contributed by atoms with van der Waals surface area (Å²) in [6, 6.07) is 1.66. The van der Waals surface area contributed by atoms with Crippen LogP contribution in [0.1, 0.15) is 25.8 Å². The molecule has 152 valence electrons. The fraction of sp³-hybridized carbons (Fsp3) is 0.444. The molecular formula is C18H22F2N4O4. The Labute approximate surface area is 160 Å². The Kier molecular flexibility index (Phi) is 6.32. The van der Waals surface area contributed by atoms with Gasteiger partial charge in [0.25, 0.3) is 5.91 Å². The smallest absolute Gasteiger partial charge is 0.325 e. The number of nitrogens with zero attached hydrogens (tertiary/aromatic N) is 2. The number of carbonyl (C=O) groups excluding carboxylic acids is 4. The third-order valence-electron chi connectivity index (χ3n) is 4.41. The van der Waals surface area contributed by atoms with E-state index in [0.29, 0.717) is 11.4 Å². The van der Waals surface area contributed by atoms with Gasteiger partial charge >= 0.3 is 6.03 Å². The predicted octanol–water partition coefficient (Wildman–Crippen LogP) is 0.716. The van der Waals surface area contributed by atoms with E-state index in [2.05, 4.69) is 10.6 Å². The third-order valence-corrected chi connectivity index (χ3v) is 4.41. The Balaban J connectivity index is 2.12. The number of carbonyl (C=O) groups is 4. The zero-order valence-corrected chi connectivity index (χ0v) is 15.8. The van der Waals surface area contributed by atoms with Crippen LogP contribution in [0, 0.1) is 11.6 Å². The van der Waals surface area contributed by atoms with Crippen molar-refractivity contribution < 1.29 is 28.0 Å². The van der Waals surface area contributed by atoms with E-state index in [4.69, 9.17) is 0 Å². The van der Waals surface area contributed by atoms with Gasteiger partial charge in [-0.15, -0.1) is 0 Å². The van der Waals surface area contributed by atoms with E-state index in [1.54, 1.807) is 0 Å². The number of halogens is 2. The van der Waals surface area contributed by atoms with Gasteiger partial charge in [-0.2, -0.15) is 0 Å². The first kappa shape index (κ1) is 21.3. The van der Waals surface area contributed by atoms with E-state index in [9.17, 15) is 28.0 Å². The van der Waals surface area contributed by atoms with E-state index in [1.165, 1.54) is 14.0 Å². The number of amides is 5. The molecule has 1 heterocycles. The van der Waals surface area contributed by atoms with Crippen LogP contribution in [0.15, 0.2) is 18.2 Å². The minimum absolute atomic E-state index is 0.238. The lowest BCUT2D eigenvalue weighted by atomic mass is 9.91. The fourth-order valence-electron chi connectivity index (χ4n) is 2.78. The van der Waals surface area contributed by atoms with Crippen molar-refractivity contribution in [3.05, 3.63) is 35.4 Å². The molecule has 0 radical (unpaired) electrons. The van der Waals surface area contributed by atoms with Crippen molar-refractivity contribution >= 4 is 23.8 Å². The van der Waals surface area contributed by atoms with Gasteiger partial charge in [-0.25, -0.2) is 13.6 Å². The highest BCUT2D eigenvalue weighted by atomic mass is 19.1. The average molecular weight is 396 g/mol. The number of hydrogen-bond donors (Lipinski definition) is 2. The summed E-state index contributed by atoms with van der Waals surface area (Å²) in [6.45, 7) is 2.71. The maximum absolute atomic E-state index is 14.1. The quantitative estimate of drug-likeness (QED) is 0.664. The second-order valence-corrected chi connectivity index (χ2v) is 6.67. The molecule has 10 heteroatoms. The van der Waals surface area contributed by atoms with Gasteiger partial charge in [-0.1, -0.05) is 6.92 Å². The Morgan fingerprint density at radius 2 is 1.96 bits per heavy atom. The number of hydrogen-bond acceptors (Lipinski definition) is 4. The molecule has 0 aromatic heterocycles. The minimum Gasteiger partial charge on any atom is -0.355 e. The van der Waals surface area contributed by atoms with Crippen LogP contribution in [-0.2, 0) is 19.9 Å².